The van der Waals surface area contributed by atoms with Crippen LogP contribution in [0.3, 0.4) is 0 Å². The van der Waals surface area contributed by atoms with Gasteiger partial charge < -0.3 is 19.6 Å². The second-order valence-electron chi connectivity index (χ2n) is 5.41. The van der Waals surface area contributed by atoms with E-state index >= 15 is 0 Å². The topological polar surface area (TPSA) is 96.3 Å². The van der Waals surface area contributed by atoms with Crippen molar-refractivity contribution in [2.24, 2.45) is 10.2 Å². The first-order valence-corrected chi connectivity index (χ1v) is 7.46. The first-order valence-electron chi connectivity index (χ1n) is 7.46. The molecule has 0 radical (unpaired) electrons. The van der Waals surface area contributed by atoms with Crippen molar-refractivity contribution >= 4 is 22.5 Å². The summed E-state index contributed by atoms with van der Waals surface area (Å²) in [6.45, 7) is 0.0138. The molecule has 2 heterocycles. The maximum atomic E-state index is 13.2. The van der Waals surface area contributed by atoms with Crippen molar-refractivity contribution in [2.75, 3.05) is 6.61 Å². The van der Waals surface area contributed by atoms with E-state index in [1.54, 1.807) is 24.3 Å². The van der Waals surface area contributed by atoms with Gasteiger partial charge in [0, 0.05) is 5.39 Å². The van der Waals surface area contributed by atoms with Gasteiger partial charge in [-0.2, -0.15) is 0 Å². The minimum atomic E-state index is -0.927. The molecule has 0 fully saturated rings. The third-order valence-electron chi connectivity index (χ3n) is 3.75. The monoisotopic (exact) mass is 341 g/mol. The Labute approximate surface area is 140 Å². The number of aromatic amines is 1. The molecule has 3 aromatic rings. The molecule has 7 nitrogen and oxygen atoms in total. The zero-order chi connectivity index (χ0) is 17.4. The number of hydrogen-bond donors (Lipinski definition) is 2. The smallest absolute Gasteiger partial charge is 0.308 e. The van der Waals surface area contributed by atoms with E-state index in [4.69, 9.17) is 9.47 Å². The number of para-hydroxylation sites is 2. The van der Waals surface area contributed by atoms with E-state index in [0.717, 1.165) is 0 Å². The Morgan fingerprint density at radius 2 is 2.04 bits per heavy atom. The second kappa shape index (κ2) is 5.90. The molecule has 4 rings (SSSR count). The Bertz CT molecular complexity index is 999. The number of rotatable bonds is 2. The molecule has 1 aromatic heterocycles. The number of carbonyl (C=O) groups is 1. The van der Waals surface area contributed by atoms with Crippen molar-refractivity contribution in [1.82, 2.24) is 4.98 Å². The molecule has 1 aliphatic rings. The van der Waals surface area contributed by atoms with Gasteiger partial charge in [-0.3, -0.25) is 4.79 Å². The largest absolute Gasteiger partial charge is 0.493 e. The van der Waals surface area contributed by atoms with Gasteiger partial charge in [-0.15, -0.1) is 10.2 Å². The fraction of sp³-hybridized carbons (Fsp3) is 0.118. The average molecular weight is 341 g/mol. The summed E-state index contributed by atoms with van der Waals surface area (Å²) < 4.78 is 24.2. The number of halogens is 1. The van der Waals surface area contributed by atoms with Gasteiger partial charge in [0.1, 0.15) is 12.4 Å². The molecule has 126 valence electrons. The van der Waals surface area contributed by atoms with Crippen molar-refractivity contribution < 1.29 is 23.8 Å². The minimum absolute atomic E-state index is 0.0138. The molecule has 1 amide bonds. The Morgan fingerprint density at radius 3 is 2.88 bits per heavy atom. The molecule has 0 spiro atoms. The lowest BCUT2D eigenvalue weighted by atomic mass is 10.2. The van der Waals surface area contributed by atoms with Crippen LogP contribution in [0.4, 0.5) is 10.1 Å². The summed E-state index contributed by atoms with van der Waals surface area (Å²) in [5, 5.41) is 17.7. The Balaban J connectivity index is 1.56. The Morgan fingerprint density at radius 1 is 1.24 bits per heavy atom. The molecular formula is C17H12FN3O4. The fourth-order valence-corrected chi connectivity index (χ4v) is 2.55. The number of carbonyl (C=O) groups excluding carboxylic acids is 1. The third-order valence-corrected chi connectivity index (χ3v) is 3.75. The third kappa shape index (κ3) is 2.78. The maximum absolute atomic E-state index is 13.2. The van der Waals surface area contributed by atoms with Crippen LogP contribution in [-0.2, 0) is 4.79 Å². The second-order valence-corrected chi connectivity index (χ2v) is 5.41. The fourth-order valence-electron chi connectivity index (χ4n) is 2.55. The SMILES string of the molecule is O=C(N=Nc1c(O)[nH]c2cc(F)ccc12)[C@H]1COc2ccccc2O1. The van der Waals surface area contributed by atoms with Crippen LogP contribution >= 0.6 is 0 Å². The number of nitrogens with zero attached hydrogens (tertiary/aromatic N) is 2. The predicted molar refractivity (Wildman–Crippen MR) is 85.8 cm³/mol. The molecule has 0 saturated heterocycles. The molecule has 8 heteroatoms. The van der Waals surface area contributed by atoms with Gasteiger partial charge >= 0.3 is 5.91 Å². The summed E-state index contributed by atoms with van der Waals surface area (Å²) in [7, 11) is 0. The highest BCUT2D eigenvalue weighted by atomic mass is 19.1. The number of fused-ring (bicyclic) bond motifs is 2. The van der Waals surface area contributed by atoms with Crippen LogP contribution < -0.4 is 9.47 Å². The van der Waals surface area contributed by atoms with Crippen molar-refractivity contribution in [3.8, 4) is 17.4 Å². The molecular weight excluding hydrogens is 329 g/mol. The number of azo groups is 1. The molecule has 0 bridgehead atoms. The molecule has 2 aromatic carbocycles. The van der Waals surface area contributed by atoms with E-state index in [1.165, 1.54) is 18.2 Å². The molecule has 25 heavy (non-hydrogen) atoms. The molecule has 0 saturated carbocycles. The summed E-state index contributed by atoms with van der Waals surface area (Å²) in [5.74, 6) is -0.402. The van der Waals surface area contributed by atoms with Crippen LogP contribution in [0.2, 0.25) is 0 Å². The minimum Gasteiger partial charge on any atom is -0.493 e. The Hall–Kier alpha value is -3.42. The number of hydrogen-bond acceptors (Lipinski definition) is 5. The molecule has 0 aliphatic carbocycles. The van der Waals surface area contributed by atoms with Crippen molar-refractivity contribution in [3.05, 3.63) is 48.3 Å². The number of ether oxygens (including phenoxy) is 2. The highest BCUT2D eigenvalue weighted by Crippen LogP contribution is 2.36. The van der Waals surface area contributed by atoms with Crippen molar-refractivity contribution in [1.29, 1.82) is 0 Å². The average Bonchev–Trinajstić information content (AvgIpc) is 2.93. The summed E-state index contributed by atoms with van der Waals surface area (Å²) in [6.07, 6.45) is -0.927. The van der Waals surface area contributed by atoms with Crippen LogP contribution in [0.25, 0.3) is 10.9 Å². The van der Waals surface area contributed by atoms with Gasteiger partial charge in [0.2, 0.25) is 12.0 Å². The van der Waals surface area contributed by atoms with E-state index in [0.29, 0.717) is 22.4 Å². The lowest BCUT2D eigenvalue weighted by Gasteiger charge is -2.23. The molecule has 1 atom stereocenters. The van der Waals surface area contributed by atoms with Crippen molar-refractivity contribution in [3.63, 3.8) is 0 Å². The summed E-state index contributed by atoms with van der Waals surface area (Å²) in [4.78, 5) is 14.8. The van der Waals surface area contributed by atoms with Gasteiger partial charge in [-0.1, -0.05) is 12.1 Å². The molecule has 1 aliphatic heterocycles. The molecule has 2 N–H and O–H groups in total. The summed E-state index contributed by atoms with van der Waals surface area (Å²) >= 11 is 0. The summed E-state index contributed by atoms with van der Waals surface area (Å²) in [6, 6.07) is 10.9. The number of aromatic nitrogens is 1. The predicted octanol–water partition coefficient (Wildman–Crippen LogP) is 3.46. The van der Waals surface area contributed by atoms with E-state index in [9.17, 15) is 14.3 Å². The highest BCUT2D eigenvalue weighted by Gasteiger charge is 2.27. The van der Waals surface area contributed by atoms with E-state index in [1.807, 2.05) is 0 Å². The van der Waals surface area contributed by atoms with E-state index in [2.05, 4.69) is 15.2 Å². The number of nitrogens with one attached hydrogen (secondary N) is 1. The first-order chi connectivity index (χ1) is 12.1. The number of H-pyrrole nitrogens is 1. The van der Waals surface area contributed by atoms with Gasteiger partial charge in [0.05, 0.1) is 5.52 Å². The van der Waals surface area contributed by atoms with Crippen LogP contribution in [0.15, 0.2) is 52.7 Å². The Kier molecular flexibility index (Phi) is 3.57. The first kappa shape index (κ1) is 15.1. The maximum Gasteiger partial charge on any atom is 0.308 e. The number of amides is 1. The summed E-state index contributed by atoms with van der Waals surface area (Å²) in [5.41, 5.74) is 0.408. The van der Waals surface area contributed by atoms with Gasteiger partial charge in [-0.05, 0) is 30.3 Å². The number of benzene rings is 2. The lowest BCUT2D eigenvalue weighted by Crippen LogP contribution is -2.35. The van der Waals surface area contributed by atoms with E-state index < -0.39 is 17.8 Å². The van der Waals surface area contributed by atoms with Gasteiger partial charge in [0.15, 0.2) is 17.2 Å². The van der Waals surface area contributed by atoms with Gasteiger partial charge in [-0.25, -0.2) is 4.39 Å². The van der Waals surface area contributed by atoms with Gasteiger partial charge in [0.25, 0.3) is 0 Å². The standard InChI is InChI=1S/C17H12FN3O4/c18-9-5-6-10-11(7-9)19-17(23)15(10)20-21-16(22)14-8-24-12-3-1-2-4-13(12)25-14/h1-7,14,19,23H,8H2/t14-/m1/s1. The zero-order valence-corrected chi connectivity index (χ0v) is 12.8. The van der Waals surface area contributed by atoms with Crippen LogP contribution in [0.5, 0.6) is 17.4 Å². The van der Waals surface area contributed by atoms with Crippen LogP contribution in [0, 0.1) is 5.82 Å². The lowest BCUT2D eigenvalue weighted by molar-refractivity contribution is -0.127. The van der Waals surface area contributed by atoms with Crippen LogP contribution in [0.1, 0.15) is 0 Å². The normalized spacial score (nSPS) is 16.4. The van der Waals surface area contributed by atoms with Crippen LogP contribution in [-0.4, -0.2) is 28.7 Å². The number of aromatic hydroxyl groups is 1. The zero-order valence-electron chi connectivity index (χ0n) is 12.8. The quantitative estimate of drug-likeness (QED) is 0.698. The van der Waals surface area contributed by atoms with Crippen molar-refractivity contribution in [2.45, 2.75) is 6.10 Å². The van der Waals surface area contributed by atoms with E-state index in [-0.39, 0.29) is 18.2 Å². The highest BCUT2D eigenvalue weighted by molar-refractivity contribution is 5.94. The molecule has 0 unspecified atom stereocenters.